The maximum Gasteiger partial charge on any atom is 0.514 e. The van der Waals surface area contributed by atoms with Crippen LogP contribution < -0.4 is 5.59 Å². The van der Waals surface area contributed by atoms with Crippen LogP contribution in [0, 0.1) is 13.8 Å². The van der Waals surface area contributed by atoms with Crippen LogP contribution in [-0.2, 0) is 9.31 Å². The van der Waals surface area contributed by atoms with Crippen LogP contribution in [0.15, 0.2) is 30.5 Å². The van der Waals surface area contributed by atoms with Crippen molar-refractivity contribution >= 4 is 12.7 Å². The molecule has 0 amide bonds. The van der Waals surface area contributed by atoms with E-state index in [1.165, 1.54) is 11.1 Å². The Bertz CT molecular complexity index is 690. The standard InChI is InChI=1S/C17H23BN2O2/c1-12-7-8-13(2)14(11-12)20-15(9-10-19-20)18-21-16(3,4)17(5,6)22-18/h7-11H,1-6H3. The third kappa shape index (κ3) is 2.38. The number of rotatable bonds is 2. The second-order valence-electron chi connectivity index (χ2n) is 7.05. The summed E-state index contributed by atoms with van der Waals surface area (Å²) in [5, 5.41) is 4.49. The van der Waals surface area contributed by atoms with Gasteiger partial charge in [0, 0.05) is 6.20 Å². The van der Waals surface area contributed by atoms with Crippen molar-refractivity contribution in [3.05, 3.63) is 41.6 Å². The van der Waals surface area contributed by atoms with Crippen LogP contribution in [0.4, 0.5) is 0 Å². The van der Waals surface area contributed by atoms with Crippen LogP contribution in [0.25, 0.3) is 5.69 Å². The van der Waals surface area contributed by atoms with E-state index in [-0.39, 0.29) is 11.2 Å². The van der Waals surface area contributed by atoms with Crippen molar-refractivity contribution in [2.75, 3.05) is 0 Å². The molecule has 1 fully saturated rings. The van der Waals surface area contributed by atoms with E-state index >= 15 is 0 Å². The summed E-state index contributed by atoms with van der Waals surface area (Å²) in [6.07, 6.45) is 1.79. The molecule has 22 heavy (non-hydrogen) atoms. The Balaban J connectivity index is 2.02. The summed E-state index contributed by atoms with van der Waals surface area (Å²) in [5.41, 5.74) is 3.66. The highest BCUT2D eigenvalue weighted by atomic mass is 16.7. The second kappa shape index (κ2) is 4.96. The molecule has 0 atom stereocenters. The molecule has 2 heterocycles. The van der Waals surface area contributed by atoms with E-state index in [4.69, 9.17) is 9.31 Å². The maximum atomic E-state index is 6.16. The summed E-state index contributed by atoms with van der Waals surface area (Å²) in [7, 11) is -0.410. The van der Waals surface area contributed by atoms with E-state index in [1.54, 1.807) is 6.20 Å². The van der Waals surface area contributed by atoms with Gasteiger partial charge in [0.15, 0.2) is 0 Å². The molecule has 0 radical (unpaired) electrons. The summed E-state index contributed by atoms with van der Waals surface area (Å²) < 4.78 is 14.2. The van der Waals surface area contributed by atoms with Gasteiger partial charge in [-0.2, -0.15) is 5.10 Å². The van der Waals surface area contributed by atoms with Gasteiger partial charge >= 0.3 is 7.12 Å². The molecule has 1 aromatic heterocycles. The molecule has 0 spiro atoms. The van der Waals surface area contributed by atoms with E-state index in [0.29, 0.717) is 0 Å². The first-order chi connectivity index (χ1) is 10.2. The predicted octanol–water partition coefficient (Wildman–Crippen LogP) is 2.79. The number of nitrogens with zero attached hydrogens (tertiary/aromatic N) is 2. The molecule has 1 aromatic carbocycles. The first kappa shape index (κ1) is 15.3. The molecule has 1 aliphatic heterocycles. The highest BCUT2D eigenvalue weighted by Gasteiger charge is 2.52. The molecule has 1 saturated heterocycles. The SMILES string of the molecule is Cc1ccc(C)c(-n2nccc2B2OC(C)(C)C(C)(C)O2)c1. The smallest absolute Gasteiger partial charge is 0.398 e. The van der Waals surface area contributed by atoms with E-state index in [1.807, 2.05) is 10.7 Å². The minimum Gasteiger partial charge on any atom is -0.398 e. The largest absolute Gasteiger partial charge is 0.514 e. The van der Waals surface area contributed by atoms with Crippen molar-refractivity contribution in [1.29, 1.82) is 0 Å². The Morgan fingerprint density at radius 2 is 1.64 bits per heavy atom. The summed E-state index contributed by atoms with van der Waals surface area (Å²) in [6.45, 7) is 12.4. The van der Waals surface area contributed by atoms with Gasteiger partial charge in [0.05, 0.1) is 22.5 Å². The van der Waals surface area contributed by atoms with E-state index in [2.05, 4.69) is 64.8 Å². The van der Waals surface area contributed by atoms with E-state index in [9.17, 15) is 0 Å². The quantitative estimate of drug-likeness (QED) is 0.800. The molecule has 5 heteroatoms. The molecule has 2 aromatic rings. The number of hydrogen-bond donors (Lipinski definition) is 0. The summed E-state index contributed by atoms with van der Waals surface area (Å²) in [5.74, 6) is 0. The van der Waals surface area contributed by atoms with Gasteiger partial charge in [0.1, 0.15) is 0 Å². The number of hydrogen-bond acceptors (Lipinski definition) is 3. The third-order valence-electron chi connectivity index (χ3n) is 4.76. The molecule has 1 aliphatic rings. The van der Waals surface area contributed by atoms with Gasteiger partial charge in [0.2, 0.25) is 0 Å². The van der Waals surface area contributed by atoms with Crippen molar-refractivity contribution in [3.8, 4) is 5.69 Å². The molecular weight excluding hydrogens is 275 g/mol. The van der Waals surface area contributed by atoms with Crippen LogP contribution >= 0.6 is 0 Å². The average molecular weight is 298 g/mol. The minimum atomic E-state index is -0.410. The van der Waals surface area contributed by atoms with Gasteiger partial charge in [-0.05, 0) is 64.8 Å². The Kier molecular flexibility index (Phi) is 3.46. The molecular formula is C17H23BN2O2. The molecule has 116 valence electrons. The lowest BCUT2D eigenvalue weighted by atomic mass is 9.84. The zero-order valence-electron chi connectivity index (χ0n) is 14.2. The van der Waals surface area contributed by atoms with E-state index in [0.717, 1.165) is 11.3 Å². The van der Waals surface area contributed by atoms with Crippen LogP contribution in [-0.4, -0.2) is 28.1 Å². The Morgan fingerprint density at radius 1 is 1.00 bits per heavy atom. The monoisotopic (exact) mass is 298 g/mol. The van der Waals surface area contributed by atoms with Crippen molar-refractivity contribution in [2.45, 2.75) is 52.7 Å². The lowest BCUT2D eigenvalue weighted by Crippen LogP contribution is -2.41. The Labute approximate surface area is 132 Å². The topological polar surface area (TPSA) is 36.3 Å². The van der Waals surface area contributed by atoms with Crippen LogP contribution in [0.1, 0.15) is 38.8 Å². The highest BCUT2D eigenvalue weighted by Crippen LogP contribution is 2.36. The molecule has 4 nitrogen and oxygen atoms in total. The summed E-state index contributed by atoms with van der Waals surface area (Å²) >= 11 is 0. The van der Waals surface area contributed by atoms with Crippen molar-refractivity contribution in [1.82, 2.24) is 9.78 Å². The van der Waals surface area contributed by atoms with E-state index < -0.39 is 7.12 Å². The molecule has 0 aliphatic carbocycles. The number of aromatic nitrogens is 2. The highest BCUT2D eigenvalue weighted by molar-refractivity contribution is 6.61. The van der Waals surface area contributed by atoms with Crippen LogP contribution in [0.3, 0.4) is 0 Å². The lowest BCUT2D eigenvalue weighted by molar-refractivity contribution is 0.00578. The van der Waals surface area contributed by atoms with Gasteiger partial charge in [0.25, 0.3) is 0 Å². The lowest BCUT2D eigenvalue weighted by Gasteiger charge is -2.32. The van der Waals surface area contributed by atoms with Crippen molar-refractivity contribution in [3.63, 3.8) is 0 Å². The fourth-order valence-corrected chi connectivity index (χ4v) is 2.60. The van der Waals surface area contributed by atoms with Gasteiger partial charge in [-0.15, -0.1) is 0 Å². The Morgan fingerprint density at radius 3 is 2.27 bits per heavy atom. The second-order valence-corrected chi connectivity index (χ2v) is 7.05. The third-order valence-corrected chi connectivity index (χ3v) is 4.76. The van der Waals surface area contributed by atoms with Gasteiger partial charge in [-0.25, -0.2) is 4.68 Å². The van der Waals surface area contributed by atoms with Gasteiger partial charge < -0.3 is 9.31 Å². The fourth-order valence-electron chi connectivity index (χ4n) is 2.60. The van der Waals surface area contributed by atoms with Crippen molar-refractivity contribution < 1.29 is 9.31 Å². The van der Waals surface area contributed by atoms with Crippen LogP contribution in [0.2, 0.25) is 0 Å². The molecule has 0 saturated carbocycles. The molecule has 0 unspecified atom stereocenters. The fraction of sp³-hybridized carbons (Fsp3) is 0.471. The number of aryl methyl sites for hydroxylation is 2. The first-order valence-electron chi connectivity index (χ1n) is 7.68. The number of benzene rings is 1. The molecule has 0 N–H and O–H groups in total. The summed E-state index contributed by atoms with van der Waals surface area (Å²) in [6, 6.07) is 8.32. The minimum absolute atomic E-state index is 0.353. The first-order valence-corrected chi connectivity index (χ1v) is 7.68. The summed E-state index contributed by atoms with van der Waals surface area (Å²) in [4.78, 5) is 0. The predicted molar refractivity (Wildman–Crippen MR) is 88.8 cm³/mol. The van der Waals surface area contributed by atoms with Gasteiger partial charge in [-0.3, -0.25) is 0 Å². The average Bonchev–Trinajstić information content (AvgIpc) is 2.96. The van der Waals surface area contributed by atoms with Crippen molar-refractivity contribution in [2.24, 2.45) is 0 Å². The maximum absolute atomic E-state index is 6.16. The Hall–Kier alpha value is -1.59. The van der Waals surface area contributed by atoms with Gasteiger partial charge in [-0.1, -0.05) is 12.1 Å². The molecule has 3 rings (SSSR count). The zero-order valence-corrected chi connectivity index (χ0v) is 14.2. The normalized spacial score (nSPS) is 19.6. The zero-order chi connectivity index (χ0) is 16.1. The molecule has 0 bridgehead atoms. The van der Waals surface area contributed by atoms with Crippen LogP contribution in [0.5, 0.6) is 0 Å².